The molecule has 0 fully saturated rings. The number of carbonyl (C=O) groups is 1. The lowest BCUT2D eigenvalue weighted by atomic mass is 10.0. The zero-order valence-corrected chi connectivity index (χ0v) is 15.2. The highest BCUT2D eigenvalue weighted by Crippen LogP contribution is 2.24. The molecule has 0 atom stereocenters. The molecular formula is C20H34O3. The fraction of sp³-hybridized carbons (Fsp3) is 0.750. The van der Waals surface area contributed by atoms with Crippen molar-refractivity contribution in [1.29, 1.82) is 0 Å². The third-order valence-corrected chi connectivity index (χ3v) is 4.67. The molecule has 0 radical (unpaired) electrons. The topological polar surface area (TPSA) is 50.4 Å². The maximum Gasteiger partial charge on any atom is 0.303 e. The molecule has 0 saturated carbocycles. The molecule has 1 heterocycles. The van der Waals surface area contributed by atoms with Gasteiger partial charge in [0, 0.05) is 19.3 Å². The van der Waals surface area contributed by atoms with Crippen molar-refractivity contribution in [1.82, 2.24) is 0 Å². The highest BCUT2D eigenvalue weighted by molar-refractivity contribution is 5.66. The van der Waals surface area contributed by atoms with Crippen LogP contribution in [-0.2, 0) is 17.6 Å². The van der Waals surface area contributed by atoms with Gasteiger partial charge in [0.15, 0.2) is 0 Å². The van der Waals surface area contributed by atoms with Crippen molar-refractivity contribution in [2.75, 3.05) is 0 Å². The molecule has 0 aromatic carbocycles. The molecule has 1 aromatic rings. The Balaban J connectivity index is 2.07. The smallest absolute Gasteiger partial charge is 0.303 e. The van der Waals surface area contributed by atoms with Gasteiger partial charge in [-0.05, 0) is 44.2 Å². The quantitative estimate of drug-likeness (QED) is 0.454. The predicted octanol–water partition coefficient (Wildman–Crippen LogP) is 5.99. The first-order chi connectivity index (χ1) is 11.1. The van der Waals surface area contributed by atoms with Gasteiger partial charge in [0.25, 0.3) is 0 Å². The van der Waals surface area contributed by atoms with Crippen LogP contribution in [0.4, 0.5) is 0 Å². The molecule has 0 saturated heterocycles. The van der Waals surface area contributed by atoms with E-state index >= 15 is 0 Å². The van der Waals surface area contributed by atoms with Crippen LogP contribution in [0.1, 0.15) is 93.8 Å². The Morgan fingerprint density at radius 2 is 1.30 bits per heavy atom. The summed E-state index contributed by atoms with van der Waals surface area (Å²) in [6, 6.07) is 0. The van der Waals surface area contributed by atoms with Crippen LogP contribution >= 0.6 is 0 Å². The molecule has 0 aliphatic heterocycles. The van der Waals surface area contributed by atoms with Gasteiger partial charge >= 0.3 is 5.97 Å². The van der Waals surface area contributed by atoms with Gasteiger partial charge in [-0.2, -0.15) is 0 Å². The number of aryl methyl sites for hydroxylation is 2. The second-order valence-electron chi connectivity index (χ2n) is 6.67. The van der Waals surface area contributed by atoms with Crippen molar-refractivity contribution in [3.8, 4) is 0 Å². The highest BCUT2D eigenvalue weighted by Gasteiger charge is 2.12. The van der Waals surface area contributed by atoms with Crippen molar-refractivity contribution in [3.05, 3.63) is 22.6 Å². The second kappa shape index (κ2) is 11.3. The summed E-state index contributed by atoms with van der Waals surface area (Å²) in [5.41, 5.74) is 2.70. The summed E-state index contributed by atoms with van der Waals surface area (Å²) >= 11 is 0. The van der Waals surface area contributed by atoms with Gasteiger partial charge in [-0.25, -0.2) is 0 Å². The molecule has 0 unspecified atom stereocenters. The monoisotopic (exact) mass is 322 g/mol. The number of furan rings is 1. The Morgan fingerprint density at radius 1 is 0.826 bits per heavy atom. The summed E-state index contributed by atoms with van der Waals surface area (Å²) in [5.74, 6) is 1.71. The molecule has 0 aliphatic rings. The molecule has 0 spiro atoms. The van der Waals surface area contributed by atoms with Crippen LogP contribution in [-0.4, -0.2) is 11.1 Å². The van der Waals surface area contributed by atoms with Crippen molar-refractivity contribution in [3.63, 3.8) is 0 Å². The summed E-state index contributed by atoms with van der Waals surface area (Å²) < 4.78 is 6.03. The first kappa shape index (κ1) is 19.8. The Hall–Kier alpha value is -1.25. The van der Waals surface area contributed by atoms with Crippen LogP contribution in [0.5, 0.6) is 0 Å². The van der Waals surface area contributed by atoms with E-state index in [2.05, 4.69) is 20.8 Å². The summed E-state index contributed by atoms with van der Waals surface area (Å²) in [4.78, 5) is 10.4. The summed E-state index contributed by atoms with van der Waals surface area (Å²) in [6.07, 6.45) is 12.9. The maximum absolute atomic E-state index is 10.4. The van der Waals surface area contributed by atoms with E-state index in [1.54, 1.807) is 0 Å². The number of carboxylic acids is 1. The molecule has 132 valence electrons. The maximum atomic E-state index is 10.4. The standard InChI is InChI=1S/C20H34O3/c1-4-13-18-16(2)17(3)19(23-18)14-11-9-7-5-6-8-10-12-15-20(21)22/h4-15H2,1-3H3,(H,21,22). The SMILES string of the molecule is CCCc1oc(CCCCCCCCCCC(=O)O)c(C)c1C. The molecular weight excluding hydrogens is 288 g/mol. The summed E-state index contributed by atoms with van der Waals surface area (Å²) in [6.45, 7) is 6.56. The van der Waals surface area contributed by atoms with Crippen molar-refractivity contribution < 1.29 is 14.3 Å². The Morgan fingerprint density at radius 3 is 1.83 bits per heavy atom. The molecule has 1 rings (SSSR count). The largest absolute Gasteiger partial charge is 0.481 e. The third-order valence-electron chi connectivity index (χ3n) is 4.67. The number of unbranched alkanes of at least 4 members (excludes halogenated alkanes) is 7. The fourth-order valence-electron chi connectivity index (χ4n) is 3.05. The minimum Gasteiger partial charge on any atom is -0.481 e. The van der Waals surface area contributed by atoms with Crippen LogP contribution in [0, 0.1) is 13.8 Å². The zero-order valence-electron chi connectivity index (χ0n) is 15.2. The molecule has 0 bridgehead atoms. The number of hydrogen-bond acceptors (Lipinski definition) is 2. The molecule has 23 heavy (non-hydrogen) atoms. The number of hydrogen-bond donors (Lipinski definition) is 1. The van der Waals surface area contributed by atoms with E-state index in [1.807, 2.05) is 0 Å². The molecule has 1 aromatic heterocycles. The van der Waals surface area contributed by atoms with Crippen molar-refractivity contribution >= 4 is 5.97 Å². The van der Waals surface area contributed by atoms with E-state index < -0.39 is 5.97 Å². The van der Waals surface area contributed by atoms with Crippen LogP contribution < -0.4 is 0 Å². The average Bonchev–Trinajstić information content (AvgIpc) is 2.77. The van der Waals surface area contributed by atoms with E-state index in [0.717, 1.165) is 32.1 Å². The number of aliphatic carboxylic acids is 1. The van der Waals surface area contributed by atoms with E-state index in [9.17, 15) is 4.79 Å². The molecule has 3 nitrogen and oxygen atoms in total. The van der Waals surface area contributed by atoms with E-state index in [1.165, 1.54) is 61.2 Å². The van der Waals surface area contributed by atoms with Crippen molar-refractivity contribution in [2.24, 2.45) is 0 Å². The van der Waals surface area contributed by atoms with E-state index in [4.69, 9.17) is 9.52 Å². The highest BCUT2D eigenvalue weighted by atomic mass is 16.4. The molecule has 0 amide bonds. The first-order valence-electron chi connectivity index (χ1n) is 9.35. The number of carboxylic acid groups (broad SMARTS) is 1. The molecule has 1 N–H and O–H groups in total. The molecule has 0 aliphatic carbocycles. The van der Waals surface area contributed by atoms with Crippen molar-refractivity contribution in [2.45, 2.75) is 97.8 Å². The zero-order chi connectivity index (χ0) is 17.1. The minimum absolute atomic E-state index is 0.321. The van der Waals surface area contributed by atoms with E-state index in [0.29, 0.717) is 6.42 Å². The van der Waals surface area contributed by atoms with Gasteiger partial charge in [0.05, 0.1) is 0 Å². The van der Waals surface area contributed by atoms with Gasteiger partial charge in [-0.1, -0.05) is 45.4 Å². The fourth-order valence-corrected chi connectivity index (χ4v) is 3.05. The van der Waals surface area contributed by atoms with Gasteiger partial charge in [-0.15, -0.1) is 0 Å². The van der Waals surface area contributed by atoms with Gasteiger partial charge in [0.1, 0.15) is 11.5 Å². The lowest BCUT2D eigenvalue weighted by Crippen LogP contribution is -1.93. The van der Waals surface area contributed by atoms with Crippen LogP contribution in [0.2, 0.25) is 0 Å². The second-order valence-corrected chi connectivity index (χ2v) is 6.67. The van der Waals surface area contributed by atoms with Crippen LogP contribution in [0.3, 0.4) is 0 Å². The lowest BCUT2D eigenvalue weighted by Gasteiger charge is -2.02. The lowest BCUT2D eigenvalue weighted by molar-refractivity contribution is -0.137. The van der Waals surface area contributed by atoms with E-state index in [-0.39, 0.29) is 0 Å². The Kier molecular flexibility index (Phi) is 9.74. The Labute approximate surface area is 141 Å². The average molecular weight is 322 g/mol. The van der Waals surface area contributed by atoms with Crippen LogP contribution in [0.25, 0.3) is 0 Å². The predicted molar refractivity (Wildman–Crippen MR) is 95.1 cm³/mol. The van der Waals surface area contributed by atoms with Gasteiger partial charge < -0.3 is 9.52 Å². The third kappa shape index (κ3) is 7.71. The summed E-state index contributed by atoms with van der Waals surface area (Å²) in [7, 11) is 0. The summed E-state index contributed by atoms with van der Waals surface area (Å²) in [5, 5.41) is 8.57. The molecule has 3 heteroatoms. The van der Waals surface area contributed by atoms with Gasteiger partial charge in [-0.3, -0.25) is 4.79 Å². The number of rotatable bonds is 13. The first-order valence-corrected chi connectivity index (χ1v) is 9.35. The minimum atomic E-state index is -0.671. The normalized spacial score (nSPS) is 11.1. The van der Waals surface area contributed by atoms with Crippen LogP contribution in [0.15, 0.2) is 4.42 Å². The van der Waals surface area contributed by atoms with Gasteiger partial charge in [0.2, 0.25) is 0 Å². The Bertz CT molecular complexity index is 460.